The molecule has 144 valence electrons. The summed E-state index contributed by atoms with van der Waals surface area (Å²) in [6.45, 7) is 7.26. The van der Waals surface area contributed by atoms with E-state index in [9.17, 15) is 14.4 Å². The van der Waals surface area contributed by atoms with Crippen molar-refractivity contribution in [2.24, 2.45) is 0 Å². The largest absolute Gasteiger partial charge is 0.467 e. The van der Waals surface area contributed by atoms with Crippen LogP contribution in [0.25, 0.3) is 0 Å². The number of amides is 1. The number of anilines is 1. The van der Waals surface area contributed by atoms with Crippen molar-refractivity contribution in [1.29, 1.82) is 0 Å². The van der Waals surface area contributed by atoms with E-state index in [1.165, 1.54) is 12.0 Å². The molecule has 1 atom stereocenters. The molecule has 7 heteroatoms. The first-order chi connectivity index (χ1) is 12.2. The molecule has 0 fully saturated rings. The molecular weight excluding hydrogens is 374 g/mol. The number of carbonyl (C=O) groups excluding carboxylic acids is 3. The van der Waals surface area contributed by atoms with Gasteiger partial charge in [0.05, 0.1) is 18.6 Å². The Morgan fingerprint density at radius 3 is 2.50 bits per heavy atom. The zero-order chi connectivity index (χ0) is 19.9. The Morgan fingerprint density at radius 2 is 1.92 bits per heavy atom. The lowest BCUT2D eigenvalue weighted by molar-refractivity contribution is -0.142. The number of thioether (sulfide) groups is 1. The summed E-state index contributed by atoms with van der Waals surface area (Å²) in [7, 11) is 1.28. The van der Waals surface area contributed by atoms with Gasteiger partial charge in [-0.1, -0.05) is 42.8 Å². The average Bonchev–Trinajstić information content (AvgIpc) is 2.63. The van der Waals surface area contributed by atoms with Gasteiger partial charge in [0.2, 0.25) is 5.91 Å². The predicted octanol–water partition coefficient (Wildman–Crippen LogP) is 4.30. The third kappa shape index (κ3) is 5.74. The molecule has 0 aromatic heterocycles. The van der Waals surface area contributed by atoms with Crippen LogP contribution in [0, 0.1) is 13.8 Å². The highest BCUT2D eigenvalue weighted by atomic mass is 35.5. The Hall–Kier alpha value is -1.53. The summed E-state index contributed by atoms with van der Waals surface area (Å²) in [5.74, 6) is -0.888. The first kappa shape index (κ1) is 22.5. The Kier molecular flexibility index (Phi) is 9.16. The zero-order valence-electron chi connectivity index (χ0n) is 15.9. The van der Waals surface area contributed by atoms with Gasteiger partial charge in [0.1, 0.15) is 6.04 Å². The summed E-state index contributed by atoms with van der Waals surface area (Å²) in [5, 5.41) is 0.484. The highest BCUT2D eigenvalue weighted by Gasteiger charge is 2.31. The number of nitrogens with zero attached hydrogens (tertiary/aromatic N) is 1. The first-order valence-electron chi connectivity index (χ1n) is 8.55. The topological polar surface area (TPSA) is 63.7 Å². The second-order valence-electron chi connectivity index (χ2n) is 6.07. The van der Waals surface area contributed by atoms with Gasteiger partial charge in [-0.15, -0.1) is 0 Å². The second kappa shape index (κ2) is 10.6. The molecule has 5 nitrogen and oxygen atoms in total. The molecule has 0 aliphatic carbocycles. The summed E-state index contributed by atoms with van der Waals surface area (Å²) in [4.78, 5) is 38.3. The van der Waals surface area contributed by atoms with Crippen molar-refractivity contribution < 1.29 is 19.1 Å². The van der Waals surface area contributed by atoms with E-state index in [1.54, 1.807) is 26.0 Å². The number of carbonyl (C=O) groups is 3. The maximum atomic E-state index is 12.9. The van der Waals surface area contributed by atoms with E-state index in [2.05, 4.69) is 0 Å². The molecule has 1 unspecified atom stereocenters. The number of halogens is 1. The number of hydrogen-bond donors (Lipinski definition) is 0. The van der Waals surface area contributed by atoms with Crippen molar-refractivity contribution in [2.75, 3.05) is 17.8 Å². The predicted molar refractivity (Wildman–Crippen MR) is 107 cm³/mol. The van der Waals surface area contributed by atoms with Gasteiger partial charge >= 0.3 is 5.97 Å². The Labute approximate surface area is 164 Å². The van der Waals surface area contributed by atoms with Crippen LogP contribution in [0.15, 0.2) is 12.1 Å². The van der Waals surface area contributed by atoms with Crippen LogP contribution in [0.1, 0.15) is 44.2 Å². The van der Waals surface area contributed by atoms with Gasteiger partial charge in [-0.05, 0) is 44.4 Å². The molecule has 0 aliphatic rings. The van der Waals surface area contributed by atoms with Crippen LogP contribution in [0.4, 0.5) is 5.69 Å². The number of hydrogen-bond acceptors (Lipinski definition) is 5. The fraction of sp³-hybridized carbons (Fsp3) is 0.526. The number of benzene rings is 1. The number of methoxy groups -OCH3 is 1. The van der Waals surface area contributed by atoms with Gasteiger partial charge in [-0.25, -0.2) is 4.79 Å². The van der Waals surface area contributed by atoms with Gasteiger partial charge in [0.25, 0.3) is 0 Å². The summed E-state index contributed by atoms with van der Waals surface area (Å²) < 4.78 is 4.81. The lowest BCUT2D eigenvalue weighted by atomic mass is 10.1. The molecular formula is C19H26ClNO4S. The van der Waals surface area contributed by atoms with Gasteiger partial charge in [-0.2, -0.15) is 0 Å². The summed E-state index contributed by atoms with van der Waals surface area (Å²) in [5.41, 5.74) is 2.11. The molecule has 1 aromatic carbocycles. The minimum atomic E-state index is -0.824. The third-order valence-corrected chi connectivity index (χ3v) is 5.42. The van der Waals surface area contributed by atoms with Crippen molar-refractivity contribution >= 4 is 46.0 Å². The molecule has 0 heterocycles. The smallest absolute Gasteiger partial charge is 0.328 e. The van der Waals surface area contributed by atoms with Crippen molar-refractivity contribution in [3.8, 4) is 0 Å². The van der Waals surface area contributed by atoms with Crippen LogP contribution in [-0.2, 0) is 19.1 Å². The SMILES string of the molecule is CCCCC(=O)SCC(=O)N(c1c(C)ccc(Cl)c1C)C(C)C(=O)OC. The summed E-state index contributed by atoms with van der Waals surface area (Å²) >= 11 is 7.21. The molecule has 0 saturated heterocycles. The minimum Gasteiger partial charge on any atom is -0.467 e. The van der Waals surface area contributed by atoms with Gasteiger partial charge in [0.15, 0.2) is 5.12 Å². The van der Waals surface area contributed by atoms with Gasteiger partial charge in [0, 0.05) is 11.4 Å². The van der Waals surface area contributed by atoms with Crippen LogP contribution in [0.3, 0.4) is 0 Å². The molecule has 1 aromatic rings. The van der Waals surface area contributed by atoms with Crippen LogP contribution < -0.4 is 4.90 Å². The maximum absolute atomic E-state index is 12.9. The van der Waals surface area contributed by atoms with Crippen LogP contribution in [-0.4, -0.2) is 35.9 Å². The number of aryl methyl sites for hydroxylation is 1. The summed E-state index contributed by atoms with van der Waals surface area (Å²) in [6, 6.07) is 2.73. The maximum Gasteiger partial charge on any atom is 0.328 e. The van der Waals surface area contributed by atoms with E-state index in [0.29, 0.717) is 22.7 Å². The highest BCUT2D eigenvalue weighted by Crippen LogP contribution is 2.32. The van der Waals surface area contributed by atoms with Gasteiger partial charge < -0.3 is 4.74 Å². The Balaban J connectivity index is 3.15. The molecule has 26 heavy (non-hydrogen) atoms. The normalized spacial score (nSPS) is 11.8. The van der Waals surface area contributed by atoms with E-state index in [4.69, 9.17) is 16.3 Å². The molecule has 1 rings (SSSR count). The van der Waals surface area contributed by atoms with E-state index < -0.39 is 12.0 Å². The Bertz CT molecular complexity index is 678. The molecule has 0 radical (unpaired) electrons. The fourth-order valence-electron chi connectivity index (χ4n) is 2.60. The quantitative estimate of drug-likeness (QED) is 0.610. The monoisotopic (exact) mass is 399 g/mol. The molecule has 0 N–H and O–H groups in total. The number of ether oxygens (including phenoxy) is 1. The van der Waals surface area contributed by atoms with Crippen molar-refractivity contribution in [1.82, 2.24) is 0 Å². The van der Waals surface area contributed by atoms with Gasteiger partial charge in [-0.3, -0.25) is 14.5 Å². The number of rotatable bonds is 8. The second-order valence-corrected chi connectivity index (χ2v) is 7.50. The van der Waals surface area contributed by atoms with E-state index in [-0.39, 0.29) is 16.8 Å². The number of esters is 1. The van der Waals surface area contributed by atoms with Crippen molar-refractivity contribution in [3.63, 3.8) is 0 Å². The lowest BCUT2D eigenvalue weighted by Gasteiger charge is -2.30. The van der Waals surface area contributed by atoms with Crippen LogP contribution >= 0.6 is 23.4 Å². The van der Waals surface area contributed by atoms with Crippen LogP contribution in [0.2, 0.25) is 5.02 Å². The Morgan fingerprint density at radius 1 is 1.27 bits per heavy atom. The highest BCUT2D eigenvalue weighted by molar-refractivity contribution is 8.14. The first-order valence-corrected chi connectivity index (χ1v) is 9.92. The summed E-state index contributed by atoms with van der Waals surface area (Å²) in [6.07, 6.45) is 2.16. The third-order valence-electron chi connectivity index (χ3n) is 4.10. The average molecular weight is 400 g/mol. The molecule has 1 amide bonds. The molecule has 0 aliphatic heterocycles. The van der Waals surface area contributed by atoms with E-state index >= 15 is 0 Å². The minimum absolute atomic E-state index is 0.0228. The molecule has 0 bridgehead atoms. The van der Waals surface area contributed by atoms with Crippen molar-refractivity contribution in [2.45, 2.75) is 53.0 Å². The van der Waals surface area contributed by atoms with E-state index in [1.807, 2.05) is 13.8 Å². The number of unbranched alkanes of at least 4 members (excludes halogenated alkanes) is 1. The van der Waals surface area contributed by atoms with Crippen LogP contribution in [0.5, 0.6) is 0 Å². The standard InChI is InChI=1S/C19H26ClNO4S/c1-6-7-8-17(23)26-11-16(22)21(14(4)19(24)25-5)18-12(2)9-10-15(20)13(18)3/h9-10,14H,6-8,11H2,1-5H3. The van der Waals surface area contributed by atoms with Crippen molar-refractivity contribution in [3.05, 3.63) is 28.3 Å². The lowest BCUT2D eigenvalue weighted by Crippen LogP contribution is -2.45. The molecule has 0 spiro atoms. The molecule has 0 saturated carbocycles. The van der Waals surface area contributed by atoms with E-state index in [0.717, 1.165) is 30.2 Å². The zero-order valence-corrected chi connectivity index (χ0v) is 17.5. The fourth-order valence-corrected chi connectivity index (χ4v) is 3.46.